The van der Waals surface area contributed by atoms with Crippen molar-refractivity contribution in [2.45, 2.75) is 38.5 Å². The number of halogens is 3. The molecule has 1 rings (SSSR count). The minimum atomic E-state index is -4.21. The van der Waals surface area contributed by atoms with E-state index in [1.54, 1.807) is 0 Å². The molecule has 0 aromatic rings. The number of nitrogens with zero attached hydrogens (tertiary/aromatic N) is 1. The first-order valence-electron chi connectivity index (χ1n) is 4.88. The van der Waals surface area contributed by atoms with Crippen molar-refractivity contribution in [2.24, 2.45) is 11.7 Å². The van der Waals surface area contributed by atoms with Gasteiger partial charge in [0.05, 0.1) is 0 Å². The van der Waals surface area contributed by atoms with Gasteiger partial charge in [0.1, 0.15) is 6.04 Å². The fourth-order valence-corrected chi connectivity index (χ4v) is 2.06. The van der Waals surface area contributed by atoms with Gasteiger partial charge in [-0.1, -0.05) is 6.92 Å². The highest BCUT2D eigenvalue weighted by Gasteiger charge is 2.47. The van der Waals surface area contributed by atoms with Gasteiger partial charge >= 0.3 is 6.18 Å². The standard InChI is InChI=1S/C9H17F3N2/c1-6-3-4-14(5-6)8(7(2)13)9(10,11)12/h6-8H,3-5,13H2,1-2H3. The van der Waals surface area contributed by atoms with Crippen molar-refractivity contribution in [3.63, 3.8) is 0 Å². The lowest BCUT2D eigenvalue weighted by atomic mass is 10.1. The molecule has 2 N–H and O–H groups in total. The maximum Gasteiger partial charge on any atom is 0.405 e. The van der Waals surface area contributed by atoms with Crippen LogP contribution in [0, 0.1) is 5.92 Å². The van der Waals surface area contributed by atoms with E-state index in [0.717, 1.165) is 6.42 Å². The van der Waals surface area contributed by atoms with Crippen molar-refractivity contribution in [1.82, 2.24) is 4.90 Å². The van der Waals surface area contributed by atoms with Gasteiger partial charge in [0.2, 0.25) is 0 Å². The van der Waals surface area contributed by atoms with Crippen LogP contribution in [0.15, 0.2) is 0 Å². The highest BCUT2D eigenvalue weighted by atomic mass is 19.4. The zero-order valence-electron chi connectivity index (χ0n) is 8.51. The summed E-state index contributed by atoms with van der Waals surface area (Å²) < 4.78 is 37.9. The van der Waals surface area contributed by atoms with E-state index in [9.17, 15) is 13.2 Å². The molecule has 0 bridgehead atoms. The lowest BCUT2D eigenvalue weighted by Gasteiger charge is -2.32. The van der Waals surface area contributed by atoms with E-state index in [1.165, 1.54) is 11.8 Å². The van der Waals surface area contributed by atoms with Gasteiger partial charge in [-0.25, -0.2) is 0 Å². The zero-order chi connectivity index (χ0) is 10.9. The first-order valence-corrected chi connectivity index (χ1v) is 4.88. The van der Waals surface area contributed by atoms with E-state index in [4.69, 9.17) is 5.73 Å². The molecule has 0 aromatic carbocycles. The predicted molar refractivity (Wildman–Crippen MR) is 48.8 cm³/mol. The van der Waals surface area contributed by atoms with Crippen LogP contribution in [0.25, 0.3) is 0 Å². The molecule has 1 fully saturated rings. The summed E-state index contributed by atoms with van der Waals surface area (Å²) in [5, 5.41) is 0. The second-order valence-electron chi connectivity index (χ2n) is 4.23. The van der Waals surface area contributed by atoms with E-state index in [2.05, 4.69) is 0 Å². The highest BCUT2D eigenvalue weighted by Crippen LogP contribution is 2.30. The van der Waals surface area contributed by atoms with Crippen LogP contribution in [0.4, 0.5) is 13.2 Å². The maximum absolute atomic E-state index is 12.6. The molecule has 3 atom stereocenters. The zero-order valence-corrected chi connectivity index (χ0v) is 8.51. The molecule has 14 heavy (non-hydrogen) atoms. The summed E-state index contributed by atoms with van der Waals surface area (Å²) in [5.74, 6) is 0.346. The van der Waals surface area contributed by atoms with Crippen LogP contribution in [0.5, 0.6) is 0 Å². The van der Waals surface area contributed by atoms with E-state index in [-0.39, 0.29) is 0 Å². The molecule has 3 unspecified atom stereocenters. The number of alkyl halides is 3. The summed E-state index contributed by atoms with van der Waals surface area (Å²) in [4.78, 5) is 1.45. The number of hydrogen-bond acceptors (Lipinski definition) is 2. The van der Waals surface area contributed by atoms with Crippen molar-refractivity contribution in [3.05, 3.63) is 0 Å². The van der Waals surface area contributed by atoms with Crippen molar-refractivity contribution in [3.8, 4) is 0 Å². The van der Waals surface area contributed by atoms with Gasteiger partial charge in [0.25, 0.3) is 0 Å². The Kier molecular flexibility index (Phi) is 3.42. The molecule has 0 aliphatic carbocycles. The Labute approximate surface area is 82.2 Å². The molecule has 0 radical (unpaired) electrons. The summed E-state index contributed by atoms with van der Waals surface area (Å²) in [7, 11) is 0. The van der Waals surface area contributed by atoms with Gasteiger partial charge in [-0.15, -0.1) is 0 Å². The smallest absolute Gasteiger partial charge is 0.326 e. The Morgan fingerprint density at radius 3 is 2.29 bits per heavy atom. The Morgan fingerprint density at radius 1 is 1.43 bits per heavy atom. The summed E-state index contributed by atoms with van der Waals surface area (Å²) in [5.41, 5.74) is 5.39. The Morgan fingerprint density at radius 2 is 2.00 bits per heavy atom. The molecule has 1 aliphatic heterocycles. The van der Waals surface area contributed by atoms with Gasteiger partial charge in [0.15, 0.2) is 0 Å². The first kappa shape index (κ1) is 11.8. The third-order valence-electron chi connectivity index (χ3n) is 2.68. The molecule has 0 saturated carbocycles. The molecule has 2 nitrogen and oxygen atoms in total. The molecule has 1 saturated heterocycles. The first-order chi connectivity index (χ1) is 6.32. The van der Waals surface area contributed by atoms with E-state index in [0.29, 0.717) is 19.0 Å². The number of likely N-dealkylation sites (tertiary alicyclic amines) is 1. The predicted octanol–water partition coefficient (Wildman–Crippen LogP) is 1.61. The van der Waals surface area contributed by atoms with Crippen LogP contribution in [-0.4, -0.2) is 36.2 Å². The third-order valence-corrected chi connectivity index (χ3v) is 2.68. The summed E-state index contributed by atoms with van der Waals surface area (Å²) in [6, 6.07) is -2.34. The third kappa shape index (κ3) is 2.60. The minimum absolute atomic E-state index is 0.346. The molecular formula is C9H17F3N2. The monoisotopic (exact) mass is 210 g/mol. The average Bonchev–Trinajstić information content (AvgIpc) is 2.31. The Balaban J connectivity index is 2.69. The van der Waals surface area contributed by atoms with Crippen molar-refractivity contribution < 1.29 is 13.2 Å². The van der Waals surface area contributed by atoms with Crippen LogP contribution >= 0.6 is 0 Å². The molecule has 1 heterocycles. The lowest BCUT2D eigenvalue weighted by Crippen LogP contribution is -2.54. The number of rotatable bonds is 2. The van der Waals surface area contributed by atoms with E-state index >= 15 is 0 Å². The number of hydrogen-bond donors (Lipinski definition) is 1. The SMILES string of the molecule is CC1CCN(C(C(C)N)C(F)(F)F)C1. The molecule has 0 spiro atoms. The maximum atomic E-state index is 12.6. The molecule has 1 aliphatic rings. The van der Waals surface area contributed by atoms with Crippen LogP contribution in [0.1, 0.15) is 20.3 Å². The topological polar surface area (TPSA) is 29.3 Å². The van der Waals surface area contributed by atoms with Gasteiger partial charge in [-0.2, -0.15) is 13.2 Å². The fraction of sp³-hybridized carbons (Fsp3) is 1.00. The van der Waals surface area contributed by atoms with Crippen molar-refractivity contribution in [1.29, 1.82) is 0 Å². The largest absolute Gasteiger partial charge is 0.405 e. The van der Waals surface area contributed by atoms with Crippen LogP contribution in [0.3, 0.4) is 0 Å². The molecule has 5 heteroatoms. The Bertz CT molecular complexity index is 191. The van der Waals surface area contributed by atoms with E-state index in [1.807, 2.05) is 6.92 Å². The Hall–Kier alpha value is -0.290. The molecule has 0 amide bonds. The van der Waals surface area contributed by atoms with Gasteiger partial charge in [-0.3, -0.25) is 4.90 Å². The van der Waals surface area contributed by atoms with Crippen molar-refractivity contribution in [2.75, 3.05) is 13.1 Å². The normalized spacial score (nSPS) is 29.1. The molecule has 0 aromatic heterocycles. The summed E-state index contributed by atoms with van der Waals surface area (Å²) in [6.07, 6.45) is -3.38. The second-order valence-corrected chi connectivity index (χ2v) is 4.23. The van der Waals surface area contributed by atoms with Gasteiger partial charge < -0.3 is 5.73 Å². The van der Waals surface area contributed by atoms with Crippen LogP contribution < -0.4 is 5.73 Å². The van der Waals surface area contributed by atoms with Gasteiger partial charge in [-0.05, 0) is 25.8 Å². The average molecular weight is 210 g/mol. The van der Waals surface area contributed by atoms with Crippen molar-refractivity contribution >= 4 is 0 Å². The molecule has 84 valence electrons. The fourth-order valence-electron chi connectivity index (χ4n) is 2.06. The van der Waals surface area contributed by atoms with E-state index < -0.39 is 18.3 Å². The quantitative estimate of drug-likeness (QED) is 0.750. The van der Waals surface area contributed by atoms with Crippen LogP contribution in [0.2, 0.25) is 0 Å². The minimum Gasteiger partial charge on any atom is -0.326 e. The van der Waals surface area contributed by atoms with Crippen LogP contribution in [-0.2, 0) is 0 Å². The summed E-state index contributed by atoms with van der Waals surface area (Å²) in [6.45, 7) is 4.40. The number of nitrogens with two attached hydrogens (primary N) is 1. The van der Waals surface area contributed by atoms with Gasteiger partial charge in [0, 0.05) is 12.6 Å². The lowest BCUT2D eigenvalue weighted by molar-refractivity contribution is -0.185. The molecular weight excluding hydrogens is 193 g/mol. The summed E-state index contributed by atoms with van der Waals surface area (Å²) >= 11 is 0. The second kappa shape index (κ2) is 4.06. The highest BCUT2D eigenvalue weighted by molar-refractivity contribution is 4.89.